The molecule has 0 unspecified atom stereocenters. The minimum Gasteiger partial charge on any atom is -0.355 e. The van der Waals surface area contributed by atoms with Crippen molar-refractivity contribution in [3.05, 3.63) is 112 Å². The number of hydrogen-bond donors (Lipinski definition) is 1. The molecule has 0 aliphatic heterocycles. The van der Waals surface area contributed by atoms with Gasteiger partial charge in [0.2, 0.25) is 0 Å². The smallest absolute Gasteiger partial charge is 0.283 e. The normalized spacial score (nSPS) is 11.1. The molecular weight excluding hydrogens is 466 g/mol. The predicted molar refractivity (Wildman–Crippen MR) is 138 cm³/mol. The number of halogens is 1. The van der Waals surface area contributed by atoms with Crippen molar-refractivity contribution in [3.8, 4) is 16.8 Å². The zero-order chi connectivity index (χ0) is 23.7. The van der Waals surface area contributed by atoms with Crippen LogP contribution >= 0.6 is 23.4 Å². The fourth-order valence-corrected chi connectivity index (χ4v) is 4.84. The molecule has 5 rings (SSSR count). The van der Waals surface area contributed by atoms with E-state index in [9.17, 15) is 9.59 Å². The summed E-state index contributed by atoms with van der Waals surface area (Å²) in [7, 11) is 0. The lowest BCUT2D eigenvalue weighted by Crippen LogP contribution is -2.22. The van der Waals surface area contributed by atoms with Gasteiger partial charge in [-0.2, -0.15) is 0 Å². The molecule has 0 radical (unpaired) electrons. The molecule has 0 atom stereocenters. The minimum absolute atomic E-state index is 0.0656. The van der Waals surface area contributed by atoms with E-state index in [0.717, 1.165) is 16.7 Å². The maximum atomic E-state index is 13.6. The molecule has 0 aliphatic rings. The maximum Gasteiger partial charge on any atom is 0.283 e. The maximum absolute atomic E-state index is 13.6. The number of thioether (sulfide) groups is 1. The summed E-state index contributed by atoms with van der Waals surface area (Å²) in [5.41, 5.74) is 4.89. The van der Waals surface area contributed by atoms with E-state index < -0.39 is 0 Å². The van der Waals surface area contributed by atoms with Crippen LogP contribution in [0, 0.1) is 6.92 Å². The molecule has 3 aromatic carbocycles. The Balaban J connectivity index is 1.62. The first-order chi connectivity index (χ1) is 16.5. The molecule has 0 bridgehead atoms. The predicted octanol–water partition coefficient (Wildman–Crippen LogP) is 6.32. The topological polar surface area (TPSA) is 67.8 Å². The standard InChI is InChI=1S/C27H20ClN3O2S/c1-17-6-5-9-21(14-17)31-26(33)25-24(22(15-29-25)18-7-3-2-4-8-18)30-27(31)34-16-23(32)19-10-12-20(28)13-11-19/h2-15,29H,16H2,1H3. The van der Waals surface area contributed by atoms with Crippen LogP contribution in [0.4, 0.5) is 0 Å². The van der Waals surface area contributed by atoms with Gasteiger partial charge in [-0.25, -0.2) is 4.98 Å². The fraction of sp³-hybridized carbons (Fsp3) is 0.0741. The Hall–Kier alpha value is -3.61. The van der Waals surface area contributed by atoms with Crippen molar-refractivity contribution < 1.29 is 4.79 Å². The third-order valence-corrected chi connectivity index (χ3v) is 6.70. The van der Waals surface area contributed by atoms with Crippen LogP contribution in [0.25, 0.3) is 27.8 Å². The number of aromatic amines is 1. The second kappa shape index (κ2) is 9.33. The van der Waals surface area contributed by atoms with Gasteiger partial charge >= 0.3 is 0 Å². The molecule has 168 valence electrons. The van der Waals surface area contributed by atoms with E-state index >= 15 is 0 Å². The second-order valence-electron chi connectivity index (χ2n) is 7.88. The molecule has 0 saturated heterocycles. The van der Waals surface area contributed by atoms with Crippen molar-refractivity contribution >= 4 is 40.2 Å². The third-order valence-electron chi connectivity index (χ3n) is 5.51. The molecule has 5 nitrogen and oxygen atoms in total. The summed E-state index contributed by atoms with van der Waals surface area (Å²) in [5.74, 6) is 0.0698. The molecule has 0 saturated carbocycles. The molecule has 0 amide bonds. The molecule has 34 heavy (non-hydrogen) atoms. The number of Topliss-reactive ketones (excluding diaryl/α,β-unsaturated/α-hetero) is 1. The van der Waals surface area contributed by atoms with Gasteiger partial charge in [-0.15, -0.1) is 0 Å². The quantitative estimate of drug-likeness (QED) is 0.174. The van der Waals surface area contributed by atoms with Crippen molar-refractivity contribution in [1.82, 2.24) is 14.5 Å². The highest BCUT2D eigenvalue weighted by atomic mass is 35.5. The average Bonchev–Trinajstić information content (AvgIpc) is 3.28. The Morgan fingerprint density at radius 2 is 1.79 bits per heavy atom. The lowest BCUT2D eigenvalue weighted by Gasteiger charge is -2.13. The van der Waals surface area contributed by atoms with Crippen molar-refractivity contribution in [3.63, 3.8) is 0 Å². The molecule has 0 spiro atoms. The Morgan fingerprint density at radius 1 is 1.03 bits per heavy atom. The van der Waals surface area contributed by atoms with Gasteiger partial charge in [-0.05, 0) is 54.4 Å². The SMILES string of the molecule is Cc1cccc(-n2c(SCC(=O)c3ccc(Cl)cc3)nc3c(-c4ccccc4)c[nH]c3c2=O)c1. The van der Waals surface area contributed by atoms with E-state index in [1.54, 1.807) is 28.8 Å². The number of nitrogens with one attached hydrogen (secondary N) is 1. The number of hydrogen-bond acceptors (Lipinski definition) is 4. The average molecular weight is 486 g/mol. The number of aryl methyl sites for hydroxylation is 1. The van der Waals surface area contributed by atoms with E-state index in [0.29, 0.717) is 32.5 Å². The summed E-state index contributed by atoms with van der Waals surface area (Å²) in [6.45, 7) is 1.97. The summed E-state index contributed by atoms with van der Waals surface area (Å²) >= 11 is 7.20. The van der Waals surface area contributed by atoms with Gasteiger partial charge in [0.1, 0.15) is 11.0 Å². The summed E-state index contributed by atoms with van der Waals surface area (Å²) in [6.07, 6.45) is 1.81. The van der Waals surface area contributed by atoms with Crippen LogP contribution in [-0.2, 0) is 0 Å². The van der Waals surface area contributed by atoms with Crippen LogP contribution in [0.1, 0.15) is 15.9 Å². The number of ketones is 1. The zero-order valence-corrected chi connectivity index (χ0v) is 19.9. The monoisotopic (exact) mass is 485 g/mol. The Morgan fingerprint density at radius 3 is 2.53 bits per heavy atom. The van der Waals surface area contributed by atoms with Crippen LogP contribution in [0.2, 0.25) is 5.02 Å². The molecule has 0 aliphatic carbocycles. The van der Waals surface area contributed by atoms with Crippen molar-refractivity contribution in [1.29, 1.82) is 0 Å². The number of rotatable bonds is 6. The number of aromatic nitrogens is 3. The first-order valence-corrected chi connectivity index (χ1v) is 12.1. The highest BCUT2D eigenvalue weighted by Crippen LogP contribution is 2.29. The molecule has 0 fully saturated rings. The summed E-state index contributed by atoms with van der Waals surface area (Å²) in [6, 6.07) is 24.3. The highest BCUT2D eigenvalue weighted by Gasteiger charge is 2.19. The lowest BCUT2D eigenvalue weighted by molar-refractivity contribution is 0.102. The van der Waals surface area contributed by atoms with E-state index in [-0.39, 0.29) is 17.1 Å². The molecule has 2 heterocycles. The molecule has 1 N–H and O–H groups in total. The summed E-state index contributed by atoms with van der Waals surface area (Å²) < 4.78 is 1.57. The van der Waals surface area contributed by atoms with Crippen LogP contribution in [0.5, 0.6) is 0 Å². The summed E-state index contributed by atoms with van der Waals surface area (Å²) in [5, 5.41) is 1.03. The molecule has 2 aromatic heterocycles. The number of benzene rings is 3. The van der Waals surface area contributed by atoms with Crippen molar-refractivity contribution in [2.45, 2.75) is 12.1 Å². The zero-order valence-electron chi connectivity index (χ0n) is 18.3. The van der Waals surface area contributed by atoms with Crippen LogP contribution < -0.4 is 5.56 Å². The van der Waals surface area contributed by atoms with E-state index in [1.807, 2.05) is 67.7 Å². The van der Waals surface area contributed by atoms with Gasteiger partial charge in [-0.1, -0.05) is 65.8 Å². The molecule has 5 aromatic rings. The van der Waals surface area contributed by atoms with Crippen molar-refractivity contribution in [2.75, 3.05) is 5.75 Å². The molecular formula is C27H20ClN3O2S. The summed E-state index contributed by atoms with van der Waals surface area (Å²) in [4.78, 5) is 34.5. The van der Waals surface area contributed by atoms with Crippen LogP contribution in [0.3, 0.4) is 0 Å². The Labute approximate surface area is 205 Å². The largest absolute Gasteiger partial charge is 0.355 e. The number of H-pyrrole nitrogens is 1. The van der Waals surface area contributed by atoms with Gasteiger partial charge in [0.25, 0.3) is 5.56 Å². The third kappa shape index (κ3) is 4.30. The Kier molecular flexibility index (Phi) is 6.09. The number of fused-ring (bicyclic) bond motifs is 1. The van der Waals surface area contributed by atoms with Crippen LogP contribution in [0.15, 0.2) is 95.0 Å². The van der Waals surface area contributed by atoms with Gasteiger partial charge in [0.15, 0.2) is 10.9 Å². The molecule has 7 heteroatoms. The van der Waals surface area contributed by atoms with Crippen molar-refractivity contribution in [2.24, 2.45) is 0 Å². The number of carbonyl (C=O) groups is 1. The number of nitrogens with zero attached hydrogens (tertiary/aromatic N) is 2. The second-order valence-corrected chi connectivity index (χ2v) is 9.26. The van der Waals surface area contributed by atoms with Gasteiger partial charge in [0, 0.05) is 22.3 Å². The first kappa shape index (κ1) is 22.2. The fourth-order valence-electron chi connectivity index (χ4n) is 3.82. The van der Waals surface area contributed by atoms with Gasteiger partial charge < -0.3 is 4.98 Å². The lowest BCUT2D eigenvalue weighted by atomic mass is 10.1. The minimum atomic E-state index is -0.209. The van der Waals surface area contributed by atoms with E-state index in [2.05, 4.69) is 4.98 Å². The Bertz CT molecular complexity index is 1560. The first-order valence-electron chi connectivity index (χ1n) is 10.7. The van der Waals surface area contributed by atoms with Gasteiger partial charge in [-0.3, -0.25) is 14.2 Å². The van der Waals surface area contributed by atoms with Gasteiger partial charge in [0.05, 0.1) is 11.4 Å². The number of carbonyl (C=O) groups excluding carboxylic acids is 1. The van der Waals surface area contributed by atoms with E-state index in [1.165, 1.54) is 11.8 Å². The van der Waals surface area contributed by atoms with E-state index in [4.69, 9.17) is 16.6 Å². The highest BCUT2D eigenvalue weighted by molar-refractivity contribution is 7.99. The van der Waals surface area contributed by atoms with Crippen LogP contribution in [-0.4, -0.2) is 26.1 Å².